The van der Waals surface area contributed by atoms with E-state index in [0.717, 1.165) is 4.90 Å². The fraction of sp³-hybridized carbons (Fsp3) is 0.786. The molecule has 0 aliphatic carbocycles. The molecule has 120 valence electrons. The molecule has 1 aliphatic heterocycles. The van der Waals surface area contributed by atoms with Crippen LogP contribution in [0.3, 0.4) is 0 Å². The van der Waals surface area contributed by atoms with Crippen molar-refractivity contribution in [2.45, 2.75) is 52.2 Å². The van der Waals surface area contributed by atoms with Gasteiger partial charge in [0, 0.05) is 19.2 Å². The van der Waals surface area contributed by atoms with E-state index in [2.05, 4.69) is 5.32 Å². The molecular weight excluding hydrogens is 274 g/mol. The lowest BCUT2D eigenvalue weighted by molar-refractivity contribution is -0.141. The third-order valence-corrected chi connectivity index (χ3v) is 3.47. The maximum Gasteiger partial charge on any atom is 0.325 e. The molecule has 1 heterocycles. The average Bonchev–Trinajstić information content (AvgIpc) is 2.52. The van der Waals surface area contributed by atoms with Crippen LogP contribution < -0.4 is 5.32 Å². The smallest absolute Gasteiger partial charge is 0.325 e. The van der Waals surface area contributed by atoms with Gasteiger partial charge in [-0.3, -0.25) is 14.5 Å². The second-order valence-electron chi connectivity index (χ2n) is 6.08. The van der Waals surface area contributed by atoms with Crippen LogP contribution in [-0.4, -0.2) is 65.5 Å². The van der Waals surface area contributed by atoms with Gasteiger partial charge in [0.15, 0.2) is 0 Å². The minimum absolute atomic E-state index is 0.00336. The van der Waals surface area contributed by atoms with E-state index in [1.807, 2.05) is 27.7 Å². The summed E-state index contributed by atoms with van der Waals surface area (Å²) in [4.78, 5) is 39.2. The summed E-state index contributed by atoms with van der Waals surface area (Å²) in [5.74, 6) is -0.680. The van der Waals surface area contributed by atoms with Crippen LogP contribution in [0.5, 0.6) is 0 Å². The monoisotopic (exact) mass is 299 g/mol. The third kappa shape index (κ3) is 3.53. The lowest BCUT2D eigenvalue weighted by atomic mass is 10.0. The van der Waals surface area contributed by atoms with Crippen molar-refractivity contribution in [2.75, 3.05) is 20.3 Å². The summed E-state index contributed by atoms with van der Waals surface area (Å²) in [6.45, 7) is 9.01. The molecule has 7 nitrogen and oxygen atoms in total. The molecule has 1 atom stereocenters. The second-order valence-corrected chi connectivity index (χ2v) is 6.08. The Morgan fingerprint density at radius 2 is 1.81 bits per heavy atom. The zero-order chi connectivity index (χ0) is 16.4. The molecule has 0 aromatic heterocycles. The van der Waals surface area contributed by atoms with Crippen molar-refractivity contribution >= 4 is 17.8 Å². The first-order valence-corrected chi connectivity index (χ1v) is 7.08. The standard InChI is InChI=1S/C14H25N3O4/c1-9(2)17(10(3)4)11(18)7-16-12(19)14(5,8-21-6)15-13(16)20/h9-10H,7-8H2,1-6H3,(H,15,20)/t14-/m0/s1. The van der Waals surface area contributed by atoms with Gasteiger partial charge in [-0.2, -0.15) is 0 Å². The number of carbonyl (C=O) groups excluding carboxylic acids is 3. The van der Waals surface area contributed by atoms with Crippen LogP contribution in [0.15, 0.2) is 0 Å². The Kier molecular flexibility index (Phi) is 5.33. The SMILES string of the molecule is COC[C@]1(C)NC(=O)N(CC(=O)N(C(C)C)C(C)C)C1=O. The van der Waals surface area contributed by atoms with Gasteiger partial charge in [-0.05, 0) is 34.6 Å². The highest BCUT2D eigenvalue weighted by molar-refractivity contribution is 6.08. The quantitative estimate of drug-likeness (QED) is 0.728. The molecule has 21 heavy (non-hydrogen) atoms. The van der Waals surface area contributed by atoms with E-state index in [1.54, 1.807) is 11.8 Å². The van der Waals surface area contributed by atoms with Crippen molar-refractivity contribution in [1.29, 1.82) is 0 Å². The summed E-state index contributed by atoms with van der Waals surface area (Å²) >= 11 is 0. The summed E-state index contributed by atoms with van der Waals surface area (Å²) in [6.07, 6.45) is 0. The van der Waals surface area contributed by atoms with E-state index in [1.165, 1.54) is 7.11 Å². The van der Waals surface area contributed by atoms with E-state index in [-0.39, 0.29) is 31.1 Å². The number of urea groups is 1. The highest BCUT2D eigenvalue weighted by Gasteiger charge is 2.48. The molecule has 1 N–H and O–H groups in total. The number of hydrogen-bond donors (Lipinski definition) is 1. The fourth-order valence-electron chi connectivity index (χ4n) is 2.67. The van der Waals surface area contributed by atoms with E-state index < -0.39 is 17.5 Å². The van der Waals surface area contributed by atoms with Gasteiger partial charge in [-0.1, -0.05) is 0 Å². The van der Waals surface area contributed by atoms with Gasteiger partial charge < -0.3 is 15.0 Å². The molecule has 1 fully saturated rings. The van der Waals surface area contributed by atoms with Gasteiger partial charge >= 0.3 is 6.03 Å². The Morgan fingerprint density at radius 1 is 1.29 bits per heavy atom. The Labute approximate surface area is 125 Å². The van der Waals surface area contributed by atoms with Crippen molar-refractivity contribution in [3.8, 4) is 0 Å². The Bertz CT molecular complexity index is 428. The molecule has 0 radical (unpaired) electrons. The number of hydrogen-bond acceptors (Lipinski definition) is 4. The molecule has 1 aliphatic rings. The first-order chi connectivity index (χ1) is 9.64. The summed E-state index contributed by atoms with van der Waals surface area (Å²) in [5.41, 5.74) is -1.10. The number of nitrogens with one attached hydrogen (secondary N) is 1. The summed E-state index contributed by atoms with van der Waals surface area (Å²) < 4.78 is 4.97. The normalized spacial score (nSPS) is 22.2. The molecule has 1 saturated heterocycles. The minimum atomic E-state index is -1.10. The molecule has 0 bridgehead atoms. The zero-order valence-electron chi connectivity index (χ0n) is 13.6. The Hall–Kier alpha value is -1.63. The maximum atomic E-state index is 12.4. The van der Waals surface area contributed by atoms with Crippen LogP contribution in [0.4, 0.5) is 4.79 Å². The predicted molar refractivity (Wildman–Crippen MR) is 77.6 cm³/mol. The summed E-state index contributed by atoms with van der Waals surface area (Å²) in [5, 5.41) is 2.58. The van der Waals surface area contributed by atoms with Gasteiger partial charge in [-0.15, -0.1) is 0 Å². The molecule has 0 unspecified atom stereocenters. The summed E-state index contributed by atoms with van der Waals surface area (Å²) in [6, 6.07) is -0.549. The van der Waals surface area contributed by atoms with Crippen LogP contribution in [0.25, 0.3) is 0 Å². The van der Waals surface area contributed by atoms with Crippen molar-refractivity contribution in [3.05, 3.63) is 0 Å². The van der Waals surface area contributed by atoms with E-state index >= 15 is 0 Å². The number of imide groups is 1. The molecule has 0 spiro atoms. The number of carbonyl (C=O) groups is 3. The summed E-state index contributed by atoms with van der Waals surface area (Å²) in [7, 11) is 1.46. The first kappa shape index (κ1) is 17.4. The Morgan fingerprint density at radius 3 is 2.24 bits per heavy atom. The van der Waals surface area contributed by atoms with Gasteiger partial charge in [0.2, 0.25) is 5.91 Å². The third-order valence-electron chi connectivity index (χ3n) is 3.47. The first-order valence-electron chi connectivity index (χ1n) is 7.08. The number of methoxy groups -OCH3 is 1. The van der Waals surface area contributed by atoms with Gasteiger partial charge in [0.1, 0.15) is 12.1 Å². The molecule has 0 saturated carbocycles. The molecule has 0 aromatic carbocycles. The topological polar surface area (TPSA) is 79.0 Å². The number of amides is 4. The van der Waals surface area contributed by atoms with E-state index in [4.69, 9.17) is 4.74 Å². The van der Waals surface area contributed by atoms with Crippen LogP contribution >= 0.6 is 0 Å². The van der Waals surface area contributed by atoms with Crippen LogP contribution in [0, 0.1) is 0 Å². The maximum absolute atomic E-state index is 12.4. The number of rotatable bonds is 6. The Balaban J connectivity index is 2.86. The number of nitrogens with zero attached hydrogens (tertiary/aromatic N) is 2. The molecule has 7 heteroatoms. The van der Waals surface area contributed by atoms with Crippen molar-refractivity contribution < 1.29 is 19.1 Å². The number of ether oxygens (including phenoxy) is 1. The molecule has 0 aromatic rings. The van der Waals surface area contributed by atoms with Gasteiger partial charge in [-0.25, -0.2) is 4.79 Å². The van der Waals surface area contributed by atoms with Crippen LogP contribution in [-0.2, 0) is 14.3 Å². The lowest BCUT2D eigenvalue weighted by Crippen LogP contribution is -2.50. The largest absolute Gasteiger partial charge is 0.382 e. The zero-order valence-corrected chi connectivity index (χ0v) is 13.6. The predicted octanol–water partition coefficient (Wildman–Crippen LogP) is 0.589. The highest BCUT2D eigenvalue weighted by atomic mass is 16.5. The van der Waals surface area contributed by atoms with Crippen LogP contribution in [0.2, 0.25) is 0 Å². The van der Waals surface area contributed by atoms with E-state index in [0.29, 0.717) is 0 Å². The van der Waals surface area contributed by atoms with Crippen LogP contribution in [0.1, 0.15) is 34.6 Å². The van der Waals surface area contributed by atoms with Crippen molar-refractivity contribution in [2.24, 2.45) is 0 Å². The highest BCUT2D eigenvalue weighted by Crippen LogP contribution is 2.18. The van der Waals surface area contributed by atoms with Crippen molar-refractivity contribution in [1.82, 2.24) is 15.1 Å². The molecular formula is C14H25N3O4. The van der Waals surface area contributed by atoms with Gasteiger partial charge in [0.25, 0.3) is 5.91 Å². The average molecular weight is 299 g/mol. The second kappa shape index (κ2) is 6.43. The van der Waals surface area contributed by atoms with Crippen molar-refractivity contribution in [3.63, 3.8) is 0 Å². The van der Waals surface area contributed by atoms with Gasteiger partial charge in [0.05, 0.1) is 6.61 Å². The molecule has 1 rings (SSSR count). The van der Waals surface area contributed by atoms with E-state index in [9.17, 15) is 14.4 Å². The fourth-order valence-corrected chi connectivity index (χ4v) is 2.67. The molecule has 4 amide bonds. The lowest BCUT2D eigenvalue weighted by Gasteiger charge is -2.32. The minimum Gasteiger partial charge on any atom is -0.382 e.